The molecule has 0 saturated heterocycles. The van der Waals surface area contributed by atoms with E-state index in [0.717, 1.165) is 30.5 Å². The van der Waals surface area contributed by atoms with E-state index in [4.69, 9.17) is 5.73 Å². The molecular formula is C12H14N2O2. The summed E-state index contributed by atoms with van der Waals surface area (Å²) in [6, 6.07) is 5.84. The molecule has 4 nitrogen and oxygen atoms in total. The predicted octanol–water partition coefficient (Wildman–Crippen LogP) is 1.79. The maximum Gasteiger partial charge on any atom is 0.408 e. The molecule has 3 rings (SSSR count). The summed E-state index contributed by atoms with van der Waals surface area (Å²) >= 11 is 0. The Morgan fingerprint density at radius 1 is 1.44 bits per heavy atom. The molecule has 84 valence electrons. The van der Waals surface area contributed by atoms with Crippen molar-refractivity contribution in [2.75, 3.05) is 12.3 Å². The minimum absolute atomic E-state index is 0.229. The van der Waals surface area contributed by atoms with Crippen LogP contribution in [0.15, 0.2) is 18.2 Å². The Labute approximate surface area is 93.7 Å². The van der Waals surface area contributed by atoms with Gasteiger partial charge in [0, 0.05) is 12.2 Å². The highest BCUT2D eigenvalue weighted by atomic mass is 16.4. The average Bonchev–Trinajstić information content (AvgIpc) is 2.98. The number of amides is 1. The molecule has 2 aliphatic rings. The van der Waals surface area contributed by atoms with Gasteiger partial charge in [0.05, 0.1) is 5.54 Å². The number of carbonyl (C=O) groups is 1. The van der Waals surface area contributed by atoms with Gasteiger partial charge in [-0.3, -0.25) is 4.90 Å². The second-order valence-electron chi connectivity index (χ2n) is 4.63. The molecule has 16 heavy (non-hydrogen) atoms. The van der Waals surface area contributed by atoms with E-state index in [2.05, 4.69) is 0 Å². The summed E-state index contributed by atoms with van der Waals surface area (Å²) in [5, 5.41) is 9.20. The fourth-order valence-electron chi connectivity index (χ4n) is 2.80. The van der Waals surface area contributed by atoms with Crippen LogP contribution < -0.4 is 5.73 Å². The summed E-state index contributed by atoms with van der Waals surface area (Å²) in [4.78, 5) is 12.8. The molecule has 0 aromatic heterocycles. The van der Waals surface area contributed by atoms with Gasteiger partial charge < -0.3 is 10.8 Å². The number of carboxylic acid groups (broad SMARTS) is 1. The lowest BCUT2D eigenvalue weighted by atomic mass is 9.90. The van der Waals surface area contributed by atoms with E-state index in [9.17, 15) is 9.90 Å². The Morgan fingerprint density at radius 2 is 2.19 bits per heavy atom. The van der Waals surface area contributed by atoms with E-state index in [0.29, 0.717) is 6.54 Å². The molecular weight excluding hydrogens is 204 g/mol. The molecule has 1 spiro atoms. The van der Waals surface area contributed by atoms with E-state index in [1.54, 1.807) is 4.90 Å². The molecule has 1 amide bonds. The second-order valence-corrected chi connectivity index (χ2v) is 4.63. The maximum absolute atomic E-state index is 11.2. The number of hydrogen-bond acceptors (Lipinski definition) is 2. The maximum atomic E-state index is 11.2. The highest BCUT2D eigenvalue weighted by Gasteiger charge is 2.54. The van der Waals surface area contributed by atoms with Crippen LogP contribution in [0.25, 0.3) is 0 Å². The van der Waals surface area contributed by atoms with Gasteiger partial charge in [0.15, 0.2) is 0 Å². The van der Waals surface area contributed by atoms with Gasteiger partial charge in [-0.25, -0.2) is 4.79 Å². The number of benzene rings is 1. The van der Waals surface area contributed by atoms with Crippen LogP contribution in [0.1, 0.15) is 24.0 Å². The first-order valence-corrected chi connectivity index (χ1v) is 5.53. The summed E-state index contributed by atoms with van der Waals surface area (Å²) in [6.07, 6.45) is 1.85. The van der Waals surface area contributed by atoms with Crippen molar-refractivity contribution in [2.24, 2.45) is 0 Å². The lowest BCUT2D eigenvalue weighted by molar-refractivity contribution is 0.112. The first-order chi connectivity index (χ1) is 7.63. The van der Waals surface area contributed by atoms with Gasteiger partial charge in [-0.2, -0.15) is 0 Å². The first-order valence-electron chi connectivity index (χ1n) is 5.53. The van der Waals surface area contributed by atoms with Crippen molar-refractivity contribution in [3.63, 3.8) is 0 Å². The van der Waals surface area contributed by atoms with E-state index in [1.807, 2.05) is 18.2 Å². The first kappa shape index (κ1) is 9.51. The smallest absolute Gasteiger partial charge is 0.408 e. The zero-order valence-corrected chi connectivity index (χ0v) is 8.94. The summed E-state index contributed by atoms with van der Waals surface area (Å²) in [7, 11) is 0. The Hall–Kier alpha value is -1.71. The lowest BCUT2D eigenvalue weighted by Gasteiger charge is -2.36. The summed E-state index contributed by atoms with van der Waals surface area (Å²) < 4.78 is 0. The van der Waals surface area contributed by atoms with E-state index in [-0.39, 0.29) is 5.54 Å². The topological polar surface area (TPSA) is 66.6 Å². The molecule has 3 N–H and O–H groups in total. The molecule has 1 aliphatic heterocycles. The number of nitrogens with two attached hydrogens (primary N) is 1. The number of nitrogens with zero attached hydrogens (tertiary/aromatic N) is 1. The molecule has 0 atom stereocenters. The van der Waals surface area contributed by atoms with Crippen molar-refractivity contribution in [1.29, 1.82) is 0 Å². The van der Waals surface area contributed by atoms with Crippen LogP contribution in [0.3, 0.4) is 0 Å². The van der Waals surface area contributed by atoms with Crippen molar-refractivity contribution in [2.45, 2.75) is 24.8 Å². The third-order valence-electron chi connectivity index (χ3n) is 3.71. The molecule has 1 fully saturated rings. The van der Waals surface area contributed by atoms with Crippen LogP contribution in [0.5, 0.6) is 0 Å². The van der Waals surface area contributed by atoms with Crippen LogP contribution >= 0.6 is 0 Å². The van der Waals surface area contributed by atoms with Gasteiger partial charge in [-0.05, 0) is 42.5 Å². The zero-order chi connectivity index (χ0) is 11.3. The molecule has 1 aromatic rings. The third kappa shape index (κ3) is 1.13. The minimum Gasteiger partial charge on any atom is -0.465 e. The van der Waals surface area contributed by atoms with Crippen molar-refractivity contribution in [1.82, 2.24) is 4.90 Å². The van der Waals surface area contributed by atoms with Crippen molar-refractivity contribution >= 4 is 11.8 Å². The van der Waals surface area contributed by atoms with Gasteiger partial charge in [0.25, 0.3) is 0 Å². The highest BCUT2D eigenvalue weighted by molar-refractivity contribution is 5.69. The molecule has 1 aliphatic carbocycles. The standard InChI is InChI=1S/C12H14N2O2/c13-9-1-2-10-8(7-9)3-6-14(11(15)16)12(10)4-5-12/h1-2,7H,3-6,13H2,(H,15,16). The van der Waals surface area contributed by atoms with Gasteiger partial charge in [-0.1, -0.05) is 6.07 Å². The van der Waals surface area contributed by atoms with Crippen LogP contribution in [0.4, 0.5) is 10.5 Å². The Bertz CT molecular complexity index is 466. The molecule has 1 saturated carbocycles. The minimum atomic E-state index is -0.806. The average molecular weight is 218 g/mol. The second kappa shape index (κ2) is 2.90. The molecule has 0 radical (unpaired) electrons. The zero-order valence-electron chi connectivity index (χ0n) is 8.94. The molecule has 0 bridgehead atoms. The normalized spacial score (nSPS) is 20.6. The molecule has 1 heterocycles. The largest absolute Gasteiger partial charge is 0.465 e. The monoisotopic (exact) mass is 218 g/mol. The number of rotatable bonds is 0. The van der Waals surface area contributed by atoms with Gasteiger partial charge in [-0.15, -0.1) is 0 Å². The van der Waals surface area contributed by atoms with E-state index >= 15 is 0 Å². The van der Waals surface area contributed by atoms with Crippen LogP contribution in [0, 0.1) is 0 Å². The van der Waals surface area contributed by atoms with Crippen molar-refractivity contribution in [3.8, 4) is 0 Å². The van der Waals surface area contributed by atoms with Gasteiger partial charge in [0.2, 0.25) is 0 Å². The van der Waals surface area contributed by atoms with Crippen LogP contribution in [-0.4, -0.2) is 22.6 Å². The number of fused-ring (bicyclic) bond motifs is 2. The third-order valence-corrected chi connectivity index (χ3v) is 3.71. The highest BCUT2D eigenvalue weighted by Crippen LogP contribution is 2.54. The molecule has 1 aromatic carbocycles. The molecule has 4 heteroatoms. The summed E-state index contributed by atoms with van der Waals surface area (Å²) in [5.74, 6) is 0. The van der Waals surface area contributed by atoms with E-state index < -0.39 is 6.09 Å². The fourth-order valence-corrected chi connectivity index (χ4v) is 2.80. The van der Waals surface area contributed by atoms with E-state index in [1.165, 1.54) is 5.56 Å². The van der Waals surface area contributed by atoms with Gasteiger partial charge >= 0.3 is 6.09 Å². The lowest BCUT2D eigenvalue weighted by Crippen LogP contribution is -2.44. The van der Waals surface area contributed by atoms with Crippen molar-refractivity contribution < 1.29 is 9.90 Å². The SMILES string of the molecule is Nc1ccc2c(c1)CCN(C(=O)O)C21CC1. The predicted molar refractivity (Wildman–Crippen MR) is 60.2 cm³/mol. The Morgan fingerprint density at radius 3 is 2.81 bits per heavy atom. The Kier molecular flexibility index (Phi) is 1.73. The number of anilines is 1. The number of hydrogen-bond donors (Lipinski definition) is 2. The van der Waals surface area contributed by atoms with Crippen LogP contribution in [0.2, 0.25) is 0 Å². The fraction of sp³-hybridized carbons (Fsp3) is 0.417. The van der Waals surface area contributed by atoms with Crippen molar-refractivity contribution in [3.05, 3.63) is 29.3 Å². The number of nitrogen functional groups attached to an aromatic ring is 1. The summed E-state index contributed by atoms with van der Waals surface area (Å²) in [6.45, 7) is 0.589. The molecule has 0 unspecified atom stereocenters. The summed E-state index contributed by atoms with van der Waals surface area (Å²) in [5.41, 5.74) is 8.67. The van der Waals surface area contributed by atoms with Gasteiger partial charge in [0.1, 0.15) is 0 Å². The van der Waals surface area contributed by atoms with Crippen LogP contribution in [-0.2, 0) is 12.0 Å². The quantitative estimate of drug-likeness (QED) is 0.652. The Balaban J connectivity index is 2.09.